The van der Waals surface area contributed by atoms with Crippen molar-refractivity contribution in [3.05, 3.63) is 29.8 Å². The second-order valence-corrected chi connectivity index (χ2v) is 3.85. The summed E-state index contributed by atoms with van der Waals surface area (Å²) in [5.41, 5.74) is 1.36. The minimum Gasteiger partial charge on any atom is -0.388 e. The van der Waals surface area contributed by atoms with Crippen molar-refractivity contribution in [1.29, 1.82) is 0 Å². The summed E-state index contributed by atoms with van der Waals surface area (Å²) < 4.78 is 0. The maximum atomic E-state index is 10.1. The molecule has 0 fully saturated rings. The molecule has 0 aliphatic heterocycles. The number of hydrogen-bond donors (Lipinski definition) is 2. The monoisotopic (exact) mass is 193 g/mol. The zero-order chi connectivity index (χ0) is 10.6. The summed E-state index contributed by atoms with van der Waals surface area (Å²) >= 11 is 0. The number of hydrogen-bond acceptors (Lipinski definition) is 2. The SMILES string of the molecule is CCCC(C)(O)c1ccc(NC)cc1. The van der Waals surface area contributed by atoms with E-state index in [1.165, 1.54) is 0 Å². The van der Waals surface area contributed by atoms with Crippen molar-refractivity contribution in [2.75, 3.05) is 12.4 Å². The Bertz CT molecular complexity index is 277. The van der Waals surface area contributed by atoms with Gasteiger partial charge in [-0.25, -0.2) is 0 Å². The van der Waals surface area contributed by atoms with E-state index in [2.05, 4.69) is 12.2 Å². The number of aliphatic hydroxyl groups is 1. The van der Waals surface area contributed by atoms with Gasteiger partial charge in [-0.3, -0.25) is 0 Å². The van der Waals surface area contributed by atoms with Crippen molar-refractivity contribution >= 4 is 5.69 Å². The van der Waals surface area contributed by atoms with Crippen LogP contribution in [0.25, 0.3) is 0 Å². The Labute approximate surface area is 86.0 Å². The molecule has 0 heterocycles. The molecule has 0 saturated heterocycles. The molecule has 14 heavy (non-hydrogen) atoms. The van der Waals surface area contributed by atoms with Crippen LogP contribution < -0.4 is 5.32 Å². The van der Waals surface area contributed by atoms with Gasteiger partial charge in [-0.05, 0) is 31.0 Å². The van der Waals surface area contributed by atoms with Gasteiger partial charge in [0.15, 0.2) is 0 Å². The van der Waals surface area contributed by atoms with Gasteiger partial charge in [-0.2, -0.15) is 0 Å². The average Bonchev–Trinajstić information content (AvgIpc) is 2.18. The van der Waals surface area contributed by atoms with Crippen molar-refractivity contribution in [3.8, 4) is 0 Å². The first kappa shape index (κ1) is 11.1. The molecule has 1 unspecified atom stereocenters. The van der Waals surface area contributed by atoms with Gasteiger partial charge in [0, 0.05) is 12.7 Å². The van der Waals surface area contributed by atoms with Crippen molar-refractivity contribution in [2.24, 2.45) is 0 Å². The molecule has 0 aliphatic carbocycles. The van der Waals surface area contributed by atoms with Crippen molar-refractivity contribution in [1.82, 2.24) is 0 Å². The predicted octanol–water partition coefficient (Wildman–Crippen LogP) is 2.74. The number of rotatable bonds is 4. The standard InChI is InChI=1S/C12H19NO/c1-4-9-12(2,14)10-5-7-11(13-3)8-6-10/h5-8,13-14H,4,9H2,1-3H3. The van der Waals surface area contributed by atoms with Gasteiger partial charge in [0.25, 0.3) is 0 Å². The van der Waals surface area contributed by atoms with Crippen LogP contribution in [-0.2, 0) is 5.60 Å². The predicted molar refractivity (Wildman–Crippen MR) is 60.5 cm³/mol. The molecular formula is C12H19NO. The fourth-order valence-electron chi connectivity index (χ4n) is 1.63. The highest BCUT2D eigenvalue weighted by atomic mass is 16.3. The third-order valence-corrected chi connectivity index (χ3v) is 2.53. The van der Waals surface area contributed by atoms with Crippen LogP contribution in [-0.4, -0.2) is 12.2 Å². The minimum absolute atomic E-state index is 0.693. The van der Waals surface area contributed by atoms with Crippen LogP contribution in [0.1, 0.15) is 32.3 Å². The number of nitrogens with one attached hydrogen (secondary N) is 1. The summed E-state index contributed by atoms with van der Waals surface area (Å²) in [5, 5.41) is 13.2. The molecule has 0 radical (unpaired) electrons. The van der Waals surface area contributed by atoms with E-state index in [0.29, 0.717) is 0 Å². The van der Waals surface area contributed by atoms with E-state index in [0.717, 1.165) is 24.1 Å². The molecule has 1 rings (SSSR count). The van der Waals surface area contributed by atoms with E-state index in [-0.39, 0.29) is 0 Å². The lowest BCUT2D eigenvalue weighted by Gasteiger charge is -2.23. The third kappa shape index (κ3) is 2.48. The molecule has 2 heteroatoms. The Balaban J connectivity index is 2.85. The lowest BCUT2D eigenvalue weighted by Crippen LogP contribution is -2.20. The van der Waals surface area contributed by atoms with Crippen LogP contribution in [0.3, 0.4) is 0 Å². The Hall–Kier alpha value is -1.02. The lowest BCUT2D eigenvalue weighted by molar-refractivity contribution is 0.0470. The van der Waals surface area contributed by atoms with Crippen LogP contribution in [0.4, 0.5) is 5.69 Å². The van der Waals surface area contributed by atoms with Gasteiger partial charge in [0.1, 0.15) is 0 Å². The summed E-state index contributed by atoms with van der Waals surface area (Å²) in [5.74, 6) is 0. The van der Waals surface area contributed by atoms with Crippen LogP contribution in [0, 0.1) is 0 Å². The summed E-state index contributed by atoms with van der Waals surface area (Å²) in [4.78, 5) is 0. The molecule has 2 nitrogen and oxygen atoms in total. The highest BCUT2D eigenvalue weighted by Crippen LogP contribution is 2.26. The molecule has 0 saturated carbocycles. The van der Waals surface area contributed by atoms with E-state index in [4.69, 9.17) is 0 Å². The second kappa shape index (κ2) is 4.47. The zero-order valence-electron chi connectivity index (χ0n) is 9.17. The van der Waals surface area contributed by atoms with Crippen molar-refractivity contribution in [2.45, 2.75) is 32.3 Å². The Morgan fingerprint density at radius 1 is 1.29 bits per heavy atom. The number of benzene rings is 1. The molecule has 0 bridgehead atoms. The summed E-state index contributed by atoms with van der Waals surface area (Å²) in [6, 6.07) is 7.92. The lowest BCUT2D eigenvalue weighted by atomic mass is 9.91. The van der Waals surface area contributed by atoms with E-state index in [1.54, 1.807) is 0 Å². The van der Waals surface area contributed by atoms with Gasteiger partial charge in [-0.1, -0.05) is 25.5 Å². The third-order valence-electron chi connectivity index (χ3n) is 2.53. The smallest absolute Gasteiger partial charge is 0.0868 e. The molecule has 1 atom stereocenters. The Morgan fingerprint density at radius 3 is 2.29 bits per heavy atom. The fourth-order valence-corrected chi connectivity index (χ4v) is 1.63. The van der Waals surface area contributed by atoms with Gasteiger partial charge in [0.2, 0.25) is 0 Å². The highest BCUT2D eigenvalue weighted by molar-refractivity contribution is 5.44. The normalized spacial score (nSPS) is 14.9. The van der Waals surface area contributed by atoms with Gasteiger partial charge in [-0.15, -0.1) is 0 Å². The van der Waals surface area contributed by atoms with E-state index in [9.17, 15) is 5.11 Å². The molecule has 2 N–H and O–H groups in total. The quantitative estimate of drug-likeness (QED) is 0.770. The van der Waals surface area contributed by atoms with Gasteiger partial charge < -0.3 is 10.4 Å². The summed E-state index contributed by atoms with van der Waals surface area (Å²) in [7, 11) is 1.89. The van der Waals surface area contributed by atoms with Gasteiger partial charge in [0.05, 0.1) is 5.60 Å². The fraction of sp³-hybridized carbons (Fsp3) is 0.500. The molecule has 78 valence electrons. The largest absolute Gasteiger partial charge is 0.388 e. The van der Waals surface area contributed by atoms with E-state index in [1.807, 2.05) is 38.2 Å². The summed E-state index contributed by atoms with van der Waals surface area (Å²) in [6.45, 7) is 3.95. The van der Waals surface area contributed by atoms with Crippen LogP contribution in [0.15, 0.2) is 24.3 Å². The molecule has 1 aromatic carbocycles. The van der Waals surface area contributed by atoms with E-state index < -0.39 is 5.60 Å². The minimum atomic E-state index is -0.693. The van der Waals surface area contributed by atoms with Crippen LogP contribution in [0.5, 0.6) is 0 Å². The highest BCUT2D eigenvalue weighted by Gasteiger charge is 2.21. The number of anilines is 1. The molecule has 0 aliphatic rings. The van der Waals surface area contributed by atoms with E-state index >= 15 is 0 Å². The molecule has 0 spiro atoms. The van der Waals surface area contributed by atoms with Gasteiger partial charge >= 0.3 is 0 Å². The topological polar surface area (TPSA) is 32.3 Å². The maximum absolute atomic E-state index is 10.1. The average molecular weight is 193 g/mol. The first-order chi connectivity index (χ1) is 6.60. The molecule has 0 aromatic heterocycles. The summed E-state index contributed by atoms with van der Waals surface area (Å²) in [6.07, 6.45) is 1.78. The maximum Gasteiger partial charge on any atom is 0.0868 e. The molecule has 1 aromatic rings. The Morgan fingerprint density at radius 2 is 1.86 bits per heavy atom. The first-order valence-corrected chi connectivity index (χ1v) is 5.11. The zero-order valence-corrected chi connectivity index (χ0v) is 9.17. The van der Waals surface area contributed by atoms with Crippen LogP contribution >= 0.6 is 0 Å². The van der Waals surface area contributed by atoms with Crippen molar-refractivity contribution in [3.63, 3.8) is 0 Å². The first-order valence-electron chi connectivity index (χ1n) is 5.11. The Kier molecular flexibility index (Phi) is 3.53. The van der Waals surface area contributed by atoms with Crippen molar-refractivity contribution < 1.29 is 5.11 Å². The van der Waals surface area contributed by atoms with Crippen LogP contribution in [0.2, 0.25) is 0 Å². The molecular weight excluding hydrogens is 174 g/mol. The second-order valence-electron chi connectivity index (χ2n) is 3.85. The molecule has 0 amide bonds.